The molecule has 0 atom stereocenters. The van der Waals surface area contributed by atoms with Gasteiger partial charge < -0.3 is 10.2 Å². The van der Waals surface area contributed by atoms with Crippen LogP contribution in [0, 0.1) is 0 Å². The summed E-state index contributed by atoms with van der Waals surface area (Å²) in [5.41, 5.74) is 0. The summed E-state index contributed by atoms with van der Waals surface area (Å²) in [5, 5.41) is 12.6. The molecule has 0 heterocycles. The maximum absolute atomic E-state index is 7.94. The fourth-order valence-electron chi connectivity index (χ4n) is 0. The SMILES string of the molecule is CCC(=[OH+])[OH2+].CCC(=[OH+])[OH2+].[Re].[Re]. The Kier molecular flexibility index (Phi) is 33.0. The van der Waals surface area contributed by atoms with Gasteiger partial charge in [0.1, 0.15) is 0 Å². The molecule has 6 heteroatoms. The molecule has 0 aromatic heterocycles. The van der Waals surface area contributed by atoms with Crippen LogP contribution >= 0.6 is 0 Å². The van der Waals surface area contributed by atoms with Crippen molar-refractivity contribution in [2.75, 3.05) is 0 Å². The van der Waals surface area contributed by atoms with Gasteiger partial charge in [0.05, 0.1) is 0 Å². The Balaban J connectivity index is -0.0000000457. The molecule has 0 saturated heterocycles. The van der Waals surface area contributed by atoms with E-state index >= 15 is 0 Å². The normalized spacial score (nSPS) is 6.17. The van der Waals surface area contributed by atoms with E-state index in [0.717, 1.165) is 0 Å². The van der Waals surface area contributed by atoms with Crippen molar-refractivity contribution in [3.05, 3.63) is 0 Å². The van der Waals surface area contributed by atoms with Crippen LogP contribution < -0.4 is 0 Å². The minimum absolute atomic E-state index is 0. The molecule has 0 unspecified atom stereocenters. The van der Waals surface area contributed by atoms with E-state index in [1.54, 1.807) is 13.8 Å². The molecule has 0 fully saturated rings. The minimum Gasteiger partial charge on any atom is -0.524 e. The van der Waals surface area contributed by atoms with E-state index in [-0.39, 0.29) is 52.8 Å². The second-order valence-corrected chi connectivity index (χ2v) is 1.60. The zero-order valence-corrected chi connectivity index (χ0v) is 12.5. The second-order valence-electron chi connectivity index (χ2n) is 1.60. The number of hydrogen-bond acceptors (Lipinski definition) is 0. The van der Waals surface area contributed by atoms with Crippen molar-refractivity contribution in [3.63, 3.8) is 0 Å². The molecule has 12 heavy (non-hydrogen) atoms. The van der Waals surface area contributed by atoms with E-state index in [2.05, 4.69) is 0 Å². The Morgan fingerprint density at radius 1 is 0.917 bits per heavy atom. The minimum atomic E-state index is -0.245. The Morgan fingerprint density at radius 3 is 1.00 bits per heavy atom. The number of rotatable bonds is 2. The van der Waals surface area contributed by atoms with Gasteiger partial charge >= 0.3 is 11.9 Å². The summed E-state index contributed by atoms with van der Waals surface area (Å²) in [5.74, 6) is -0.491. The van der Waals surface area contributed by atoms with Crippen LogP contribution in [0.25, 0.3) is 0 Å². The maximum atomic E-state index is 7.94. The Bertz CT molecular complexity index is 102. The molecule has 0 spiro atoms. The standard InChI is InChI=1S/2C3H6O2.2Re/c2*1-2-3(4)5;;/h2*2H2,1H3,(H,4,5);;/p+4. The van der Waals surface area contributed by atoms with Crippen molar-refractivity contribution in [1.82, 2.24) is 0 Å². The molecule has 0 aromatic rings. The summed E-state index contributed by atoms with van der Waals surface area (Å²) >= 11 is 0. The van der Waals surface area contributed by atoms with E-state index in [1.165, 1.54) is 0 Å². The monoisotopic (exact) mass is 526 g/mol. The van der Waals surface area contributed by atoms with Crippen LogP contribution in [0.5, 0.6) is 0 Å². The van der Waals surface area contributed by atoms with Crippen LogP contribution in [0.1, 0.15) is 26.7 Å². The van der Waals surface area contributed by atoms with Crippen molar-refractivity contribution in [2.45, 2.75) is 26.7 Å². The number of hydrogen-bond donors (Lipinski definition) is 0. The molecule has 0 rings (SSSR count). The van der Waals surface area contributed by atoms with Crippen molar-refractivity contribution >= 4 is 11.9 Å². The summed E-state index contributed by atoms with van der Waals surface area (Å²) in [6.07, 6.45) is 0.889. The first-order chi connectivity index (χ1) is 4.54. The van der Waals surface area contributed by atoms with Gasteiger partial charge in [0.2, 0.25) is 0 Å². The smallest absolute Gasteiger partial charge is 0.524 e. The number of carbonyl (C=O) groups excluding carboxylic acids is 2. The summed E-state index contributed by atoms with van der Waals surface area (Å²) < 4.78 is 0. The van der Waals surface area contributed by atoms with E-state index < -0.39 is 0 Å². The summed E-state index contributed by atoms with van der Waals surface area (Å²) in [6, 6.07) is 0. The Labute approximate surface area is 99.0 Å². The Morgan fingerprint density at radius 2 is 1.00 bits per heavy atom. The van der Waals surface area contributed by atoms with E-state index in [1.807, 2.05) is 0 Å². The van der Waals surface area contributed by atoms with Gasteiger partial charge in [-0.3, -0.25) is 0 Å². The zero-order valence-electron chi connectivity index (χ0n) is 7.06. The molecule has 6 N–H and O–H groups in total. The predicted octanol–water partition coefficient (Wildman–Crippen LogP) is -0.758. The predicted molar refractivity (Wildman–Crippen MR) is 41.7 cm³/mol. The first kappa shape index (κ1) is 22.8. The molecular formula is C6H16O4Re2+4. The summed E-state index contributed by atoms with van der Waals surface area (Å²) in [7, 11) is 0. The van der Waals surface area contributed by atoms with Crippen molar-refractivity contribution in [2.24, 2.45) is 0 Å². The largest absolute Gasteiger partial charge is 0.621 e. The third kappa shape index (κ3) is 48.4. The van der Waals surface area contributed by atoms with Crippen LogP contribution in [0.15, 0.2) is 0 Å². The third-order valence-electron chi connectivity index (χ3n) is 0.670. The van der Waals surface area contributed by atoms with Crippen LogP contribution in [0.2, 0.25) is 0 Å². The van der Waals surface area contributed by atoms with E-state index in [0.29, 0.717) is 12.8 Å². The first-order valence-corrected chi connectivity index (χ1v) is 3.07. The van der Waals surface area contributed by atoms with Gasteiger partial charge in [-0.15, -0.1) is 0 Å². The quantitative estimate of drug-likeness (QED) is 0.426. The molecule has 2 radical (unpaired) electrons. The van der Waals surface area contributed by atoms with Crippen LogP contribution in [0.3, 0.4) is 0 Å². The van der Waals surface area contributed by atoms with Crippen molar-refractivity contribution < 1.29 is 60.6 Å². The molecule has 0 aliphatic heterocycles. The molecule has 74 valence electrons. The van der Waals surface area contributed by atoms with E-state index in [9.17, 15) is 0 Å². The third-order valence-corrected chi connectivity index (χ3v) is 0.670. The van der Waals surface area contributed by atoms with Gasteiger partial charge in [-0.05, 0) is 13.8 Å². The average Bonchev–Trinajstić information content (AvgIpc) is 1.89. The molecule has 0 bridgehead atoms. The summed E-state index contributed by atoms with van der Waals surface area (Å²) in [4.78, 5) is 15.9. The first-order valence-electron chi connectivity index (χ1n) is 3.07. The Hall–Kier alpha value is 0.265. The average molecular weight is 525 g/mol. The van der Waals surface area contributed by atoms with Gasteiger partial charge in [-0.2, -0.15) is 0 Å². The topological polar surface area (TPSA) is 88.6 Å². The molecular weight excluding hydrogens is 508 g/mol. The van der Waals surface area contributed by atoms with Gasteiger partial charge in [0, 0.05) is 40.8 Å². The van der Waals surface area contributed by atoms with Gasteiger partial charge in [-0.25, -0.2) is 9.59 Å². The van der Waals surface area contributed by atoms with Gasteiger partial charge in [-0.1, -0.05) is 0 Å². The van der Waals surface area contributed by atoms with Crippen LogP contribution in [0.4, 0.5) is 0 Å². The van der Waals surface area contributed by atoms with Crippen LogP contribution in [-0.2, 0) is 40.8 Å². The fourth-order valence-corrected chi connectivity index (χ4v) is 0. The van der Waals surface area contributed by atoms with Gasteiger partial charge in [0.25, 0.3) is 0 Å². The zero-order chi connectivity index (χ0) is 8.57. The maximum Gasteiger partial charge on any atom is 0.621 e. The summed E-state index contributed by atoms with van der Waals surface area (Å²) in [6.45, 7) is 3.45. The van der Waals surface area contributed by atoms with Crippen molar-refractivity contribution in [3.8, 4) is 0 Å². The molecule has 0 aliphatic carbocycles. The van der Waals surface area contributed by atoms with Crippen molar-refractivity contribution in [1.29, 1.82) is 0 Å². The fraction of sp³-hybridized carbons (Fsp3) is 0.667. The molecule has 0 aliphatic rings. The second kappa shape index (κ2) is 17.4. The molecule has 4 nitrogen and oxygen atoms in total. The van der Waals surface area contributed by atoms with Gasteiger partial charge in [0.15, 0.2) is 12.8 Å². The van der Waals surface area contributed by atoms with E-state index in [4.69, 9.17) is 19.8 Å². The van der Waals surface area contributed by atoms with Crippen LogP contribution in [-0.4, -0.2) is 31.7 Å². The molecule has 0 amide bonds. The molecule has 0 aromatic carbocycles. The molecule has 0 saturated carbocycles.